The van der Waals surface area contributed by atoms with Crippen molar-refractivity contribution in [2.75, 3.05) is 6.54 Å². The van der Waals surface area contributed by atoms with Crippen LogP contribution in [-0.4, -0.2) is 24.4 Å². The predicted octanol–water partition coefficient (Wildman–Crippen LogP) is 0.546. The van der Waals surface area contributed by atoms with E-state index in [0.717, 1.165) is 12.0 Å². The van der Waals surface area contributed by atoms with Gasteiger partial charge in [-0.3, -0.25) is 9.59 Å². The summed E-state index contributed by atoms with van der Waals surface area (Å²) < 4.78 is 0. The maximum absolute atomic E-state index is 11.5. The van der Waals surface area contributed by atoms with Gasteiger partial charge in [-0.2, -0.15) is 0 Å². The van der Waals surface area contributed by atoms with E-state index in [-0.39, 0.29) is 18.4 Å². The topological polar surface area (TPSA) is 84.2 Å². The van der Waals surface area contributed by atoms with E-state index in [0.29, 0.717) is 13.0 Å². The fourth-order valence-corrected chi connectivity index (χ4v) is 1.60. The first-order chi connectivity index (χ1) is 9.13. The molecule has 0 fully saturated rings. The molecule has 0 radical (unpaired) electrons. The van der Waals surface area contributed by atoms with E-state index in [1.54, 1.807) is 0 Å². The van der Waals surface area contributed by atoms with Crippen molar-refractivity contribution in [1.82, 2.24) is 10.6 Å². The van der Waals surface area contributed by atoms with Gasteiger partial charge in [0.2, 0.25) is 11.8 Å². The molecule has 19 heavy (non-hydrogen) atoms. The highest BCUT2D eigenvalue weighted by Crippen LogP contribution is 1.96. The van der Waals surface area contributed by atoms with Crippen molar-refractivity contribution in [3.63, 3.8) is 0 Å². The van der Waals surface area contributed by atoms with Crippen LogP contribution in [0, 0.1) is 0 Å². The van der Waals surface area contributed by atoms with Crippen molar-refractivity contribution in [1.29, 1.82) is 0 Å². The molecule has 0 aromatic heterocycles. The molecule has 0 unspecified atom stereocenters. The van der Waals surface area contributed by atoms with Crippen LogP contribution in [0.15, 0.2) is 30.3 Å². The predicted molar refractivity (Wildman–Crippen MR) is 74.2 cm³/mol. The Morgan fingerprint density at radius 1 is 1.21 bits per heavy atom. The normalized spacial score (nSPS) is 11.7. The van der Waals surface area contributed by atoms with E-state index < -0.39 is 6.04 Å². The number of nitrogens with one attached hydrogen (secondary N) is 2. The van der Waals surface area contributed by atoms with Gasteiger partial charge in [0.15, 0.2) is 0 Å². The average molecular weight is 263 g/mol. The largest absolute Gasteiger partial charge is 0.350 e. The molecule has 0 aliphatic rings. The Hall–Kier alpha value is -1.88. The van der Waals surface area contributed by atoms with Crippen molar-refractivity contribution in [2.24, 2.45) is 5.73 Å². The number of amides is 2. The lowest BCUT2D eigenvalue weighted by molar-refractivity contribution is -0.127. The quantitative estimate of drug-likeness (QED) is 0.671. The molecule has 0 aliphatic carbocycles. The molecule has 1 aromatic carbocycles. The Morgan fingerprint density at radius 3 is 2.53 bits per heavy atom. The second-order valence-electron chi connectivity index (χ2n) is 4.38. The van der Waals surface area contributed by atoms with Gasteiger partial charge in [0.25, 0.3) is 0 Å². The zero-order valence-electron chi connectivity index (χ0n) is 11.2. The fraction of sp³-hybridized carbons (Fsp3) is 0.429. The number of carbonyl (C=O) groups is 2. The molecule has 104 valence electrons. The third-order valence-electron chi connectivity index (χ3n) is 2.69. The zero-order chi connectivity index (χ0) is 14.1. The molecule has 0 spiro atoms. The standard InChI is InChI=1S/C14H21N3O2/c1-2-6-12(15)14(19)17-10-13(18)16-9-11-7-4-3-5-8-11/h3-5,7-8,12H,2,6,9-10,15H2,1H3,(H,16,18)(H,17,19)/t12-/m0/s1. The van der Waals surface area contributed by atoms with Crippen molar-refractivity contribution in [2.45, 2.75) is 32.4 Å². The number of hydrogen-bond donors (Lipinski definition) is 3. The van der Waals surface area contributed by atoms with Crippen LogP contribution in [0.1, 0.15) is 25.3 Å². The van der Waals surface area contributed by atoms with Gasteiger partial charge in [0.1, 0.15) is 0 Å². The minimum atomic E-state index is -0.535. The zero-order valence-corrected chi connectivity index (χ0v) is 11.2. The van der Waals surface area contributed by atoms with E-state index in [1.807, 2.05) is 37.3 Å². The minimum Gasteiger partial charge on any atom is -0.350 e. The highest BCUT2D eigenvalue weighted by molar-refractivity contribution is 5.87. The summed E-state index contributed by atoms with van der Waals surface area (Å²) in [5.74, 6) is -0.502. The van der Waals surface area contributed by atoms with Gasteiger partial charge in [-0.05, 0) is 12.0 Å². The van der Waals surface area contributed by atoms with E-state index >= 15 is 0 Å². The van der Waals surface area contributed by atoms with Gasteiger partial charge in [0, 0.05) is 6.54 Å². The number of benzene rings is 1. The SMILES string of the molecule is CCC[C@H](N)C(=O)NCC(=O)NCc1ccccc1. The number of hydrogen-bond acceptors (Lipinski definition) is 3. The fourth-order valence-electron chi connectivity index (χ4n) is 1.60. The summed E-state index contributed by atoms with van der Waals surface area (Å²) in [6, 6.07) is 9.05. The third-order valence-corrected chi connectivity index (χ3v) is 2.69. The van der Waals surface area contributed by atoms with Crippen LogP contribution in [0.4, 0.5) is 0 Å². The smallest absolute Gasteiger partial charge is 0.239 e. The minimum absolute atomic E-state index is 0.0386. The van der Waals surface area contributed by atoms with Gasteiger partial charge < -0.3 is 16.4 Å². The van der Waals surface area contributed by atoms with Crippen LogP contribution in [-0.2, 0) is 16.1 Å². The molecule has 0 saturated heterocycles. The molecule has 1 rings (SSSR count). The molecule has 4 N–H and O–H groups in total. The van der Waals surface area contributed by atoms with Crippen LogP contribution in [0.3, 0.4) is 0 Å². The first-order valence-corrected chi connectivity index (χ1v) is 6.47. The van der Waals surface area contributed by atoms with Crippen molar-refractivity contribution < 1.29 is 9.59 Å². The summed E-state index contributed by atoms with van der Waals surface area (Å²) in [7, 11) is 0. The highest BCUT2D eigenvalue weighted by Gasteiger charge is 2.12. The molecule has 1 atom stereocenters. The summed E-state index contributed by atoms with van der Waals surface area (Å²) in [5, 5.41) is 5.26. The van der Waals surface area contributed by atoms with E-state index in [1.165, 1.54) is 0 Å². The van der Waals surface area contributed by atoms with Crippen LogP contribution >= 0.6 is 0 Å². The Kier molecular flexibility index (Phi) is 6.60. The van der Waals surface area contributed by atoms with Crippen LogP contribution in [0.2, 0.25) is 0 Å². The molecular formula is C14H21N3O2. The summed E-state index contributed by atoms with van der Waals surface area (Å²) in [6.45, 7) is 2.37. The molecule has 5 nitrogen and oxygen atoms in total. The van der Waals surface area contributed by atoms with Gasteiger partial charge >= 0.3 is 0 Å². The lowest BCUT2D eigenvalue weighted by atomic mass is 10.2. The summed E-state index contributed by atoms with van der Waals surface area (Å²) in [4.78, 5) is 23.0. The van der Waals surface area contributed by atoms with Gasteiger partial charge in [-0.25, -0.2) is 0 Å². The molecule has 0 bridgehead atoms. The van der Waals surface area contributed by atoms with Gasteiger partial charge in [-0.1, -0.05) is 43.7 Å². The highest BCUT2D eigenvalue weighted by atomic mass is 16.2. The number of nitrogens with two attached hydrogens (primary N) is 1. The van der Waals surface area contributed by atoms with Gasteiger partial charge in [0.05, 0.1) is 12.6 Å². The lowest BCUT2D eigenvalue weighted by Gasteiger charge is -2.11. The number of rotatable bonds is 7. The number of carbonyl (C=O) groups excluding carboxylic acids is 2. The molecule has 0 heterocycles. The molecule has 5 heteroatoms. The third kappa shape index (κ3) is 6.01. The summed E-state index contributed by atoms with van der Waals surface area (Å²) in [6.07, 6.45) is 1.46. The van der Waals surface area contributed by atoms with Crippen LogP contribution < -0.4 is 16.4 Å². The Labute approximate surface area is 113 Å². The molecule has 0 aliphatic heterocycles. The first-order valence-electron chi connectivity index (χ1n) is 6.47. The van der Waals surface area contributed by atoms with E-state index in [4.69, 9.17) is 5.73 Å². The monoisotopic (exact) mass is 263 g/mol. The van der Waals surface area contributed by atoms with E-state index in [9.17, 15) is 9.59 Å². The van der Waals surface area contributed by atoms with Crippen molar-refractivity contribution in [3.05, 3.63) is 35.9 Å². The maximum atomic E-state index is 11.5. The average Bonchev–Trinajstić information content (AvgIpc) is 2.43. The maximum Gasteiger partial charge on any atom is 0.239 e. The second-order valence-corrected chi connectivity index (χ2v) is 4.38. The van der Waals surface area contributed by atoms with E-state index in [2.05, 4.69) is 10.6 Å². The Bertz CT molecular complexity index is 406. The first kappa shape index (κ1) is 15.2. The van der Waals surface area contributed by atoms with Crippen molar-refractivity contribution in [3.8, 4) is 0 Å². The van der Waals surface area contributed by atoms with Gasteiger partial charge in [-0.15, -0.1) is 0 Å². The molecular weight excluding hydrogens is 242 g/mol. The van der Waals surface area contributed by atoms with Crippen molar-refractivity contribution >= 4 is 11.8 Å². The Morgan fingerprint density at radius 2 is 1.89 bits per heavy atom. The second kappa shape index (κ2) is 8.26. The van der Waals surface area contributed by atoms with Crippen LogP contribution in [0.5, 0.6) is 0 Å². The Balaban J connectivity index is 2.23. The molecule has 2 amide bonds. The summed E-state index contributed by atoms with van der Waals surface area (Å²) >= 11 is 0. The molecule has 0 saturated carbocycles. The molecule has 1 aromatic rings. The summed E-state index contributed by atoms with van der Waals surface area (Å²) in [5.41, 5.74) is 6.65. The lowest BCUT2D eigenvalue weighted by Crippen LogP contribution is -2.44. The van der Waals surface area contributed by atoms with Crippen LogP contribution in [0.25, 0.3) is 0 Å².